The monoisotopic (exact) mass is 373 g/mol. The largest absolute Gasteiger partial charge is 0.375 e. The van der Waals surface area contributed by atoms with E-state index in [-0.39, 0.29) is 43.8 Å². The van der Waals surface area contributed by atoms with Gasteiger partial charge in [0.1, 0.15) is 12.4 Å². The van der Waals surface area contributed by atoms with E-state index in [9.17, 15) is 18.4 Å². The van der Waals surface area contributed by atoms with Crippen LogP contribution < -0.4 is 4.90 Å². The minimum atomic E-state index is -1.19. The second-order valence-corrected chi connectivity index (χ2v) is 6.84. The molecule has 4 rings (SSSR count). The fourth-order valence-corrected chi connectivity index (χ4v) is 3.38. The Balaban J connectivity index is 1.66. The van der Waals surface area contributed by atoms with Gasteiger partial charge in [-0.25, -0.2) is 13.8 Å². The van der Waals surface area contributed by atoms with Crippen LogP contribution in [0.15, 0.2) is 36.5 Å². The number of amides is 2. The van der Waals surface area contributed by atoms with Crippen molar-refractivity contribution in [3.05, 3.63) is 59.3 Å². The molecule has 8 heteroatoms. The van der Waals surface area contributed by atoms with E-state index in [2.05, 4.69) is 4.98 Å². The third kappa shape index (κ3) is 2.86. The van der Waals surface area contributed by atoms with Gasteiger partial charge in [0.05, 0.1) is 13.2 Å². The van der Waals surface area contributed by atoms with E-state index in [1.165, 1.54) is 29.3 Å². The molecule has 1 aromatic carbocycles. The van der Waals surface area contributed by atoms with Crippen LogP contribution in [-0.2, 0) is 20.9 Å². The number of carbonyl (C=O) groups excluding carboxylic acids is 2. The Labute approximate surface area is 154 Å². The van der Waals surface area contributed by atoms with Crippen LogP contribution in [0.1, 0.15) is 11.1 Å². The van der Waals surface area contributed by atoms with E-state index in [1.54, 1.807) is 19.1 Å². The van der Waals surface area contributed by atoms with E-state index < -0.39 is 17.3 Å². The average molecular weight is 373 g/mol. The molecule has 0 radical (unpaired) electrons. The lowest BCUT2D eigenvalue weighted by molar-refractivity contribution is -0.184. The van der Waals surface area contributed by atoms with Gasteiger partial charge < -0.3 is 9.64 Å². The maximum Gasteiger partial charge on any atom is 0.259 e. The molecule has 0 unspecified atom stereocenters. The zero-order valence-electron chi connectivity index (χ0n) is 14.6. The zero-order valence-corrected chi connectivity index (χ0v) is 14.6. The second-order valence-electron chi connectivity index (χ2n) is 6.84. The number of nitrogens with zero attached hydrogens (tertiary/aromatic N) is 3. The van der Waals surface area contributed by atoms with Gasteiger partial charge in [-0.2, -0.15) is 0 Å². The maximum atomic E-state index is 14.3. The highest BCUT2D eigenvalue weighted by Crippen LogP contribution is 2.35. The van der Waals surface area contributed by atoms with Gasteiger partial charge in [0.2, 0.25) is 5.91 Å². The Morgan fingerprint density at radius 2 is 1.89 bits per heavy atom. The van der Waals surface area contributed by atoms with Crippen LogP contribution in [-0.4, -0.2) is 47.0 Å². The molecule has 2 fully saturated rings. The van der Waals surface area contributed by atoms with Gasteiger partial charge in [0.15, 0.2) is 17.2 Å². The first-order valence-corrected chi connectivity index (χ1v) is 8.47. The van der Waals surface area contributed by atoms with Crippen molar-refractivity contribution >= 4 is 17.6 Å². The van der Waals surface area contributed by atoms with E-state index >= 15 is 0 Å². The summed E-state index contributed by atoms with van der Waals surface area (Å²) in [5.74, 6) is -1.96. The van der Waals surface area contributed by atoms with E-state index in [0.29, 0.717) is 11.1 Å². The molecule has 2 amide bonds. The number of halogens is 2. The highest BCUT2D eigenvalue weighted by molar-refractivity contribution is 6.09. The zero-order chi connectivity index (χ0) is 19.2. The van der Waals surface area contributed by atoms with Crippen molar-refractivity contribution in [3.63, 3.8) is 0 Å². The highest BCUT2D eigenvalue weighted by Gasteiger charge is 2.58. The van der Waals surface area contributed by atoms with Crippen LogP contribution >= 0.6 is 0 Å². The number of benzene rings is 1. The minimum Gasteiger partial charge on any atom is -0.375 e. The van der Waals surface area contributed by atoms with E-state index in [0.717, 1.165) is 4.90 Å². The number of rotatable bonds is 3. The summed E-state index contributed by atoms with van der Waals surface area (Å²) in [5, 5.41) is 0. The predicted octanol–water partition coefficient (Wildman–Crippen LogP) is 1.81. The van der Waals surface area contributed by atoms with Crippen molar-refractivity contribution in [2.75, 3.05) is 24.7 Å². The van der Waals surface area contributed by atoms with Crippen molar-refractivity contribution < 1.29 is 23.1 Å². The molecule has 0 atom stereocenters. The van der Waals surface area contributed by atoms with Gasteiger partial charge in [-0.05, 0) is 36.2 Å². The molecule has 2 aromatic rings. The topological polar surface area (TPSA) is 62.7 Å². The smallest absolute Gasteiger partial charge is 0.259 e. The summed E-state index contributed by atoms with van der Waals surface area (Å²) >= 11 is 0. The van der Waals surface area contributed by atoms with Crippen LogP contribution in [0.4, 0.5) is 14.6 Å². The Morgan fingerprint density at radius 3 is 2.48 bits per heavy atom. The summed E-state index contributed by atoms with van der Waals surface area (Å²) in [6.07, 6.45) is 1.45. The molecule has 2 saturated heterocycles. The molecule has 0 N–H and O–H groups in total. The number of ether oxygens (including phenoxy) is 1. The minimum absolute atomic E-state index is 0.0305. The third-order valence-electron chi connectivity index (χ3n) is 4.90. The number of aryl methyl sites for hydroxylation is 1. The molecule has 0 saturated carbocycles. The summed E-state index contributed by atoms with van der Waals surface area (Å²) in [4.78, 5) is 32.5. The number of piperazine rings is 1. The lowest BCUT2D eigenvalue weighted by atomic mass is 9.89. The van der Waals surface area contributed by atoms with Crippen molar-refractivity contribution in [3.8, 4) is 0 Å². The van der Waals surface area contributed by atoms with Crippen molar-refractivity contribution in [1.29, 1.82) is 0 Å². The molecule has 1 spiro atoms. The van der Waals surface area contributed by atoms with Crippen LogP contribution in [0.5, 0.6) is 0 Å². The fourth-order valence-electron chi connectivity index (χ4n) is 3.38. The van der Waals surface area contributed by atoms with Crippen LogP contribution in [0, 0.1) is 18.6 Å². The Kier molecular flexibility index (Phi) is 4.15. The van der Waals surface area contributed by atoms with E-state index in [4.69, 9.17) is 4.74 Å². The van der Waals surface area contributed by atoms with Crippen molar-refractivity contribution in [2.24, 2.45) is 0 Å². The molecule has 0 aliphatic carbocycles. The molecule has 27 heavy (non-hydrogen) atoms. The van der Waals surface area contributed by atoms with Crippen molar-refractivity contribution in [2.45, 2.75) is 19.0 Å². The molecular weight excluding hydrogens is 356 g/mol. The first-order valence-electron chi connectivity index (χ1n) is 8.47. The lowest BCUT2D eigenvalue weighted by Gasteiger charge is -2.52. The Morgan fingerprint density at radius 1 is 1.19 bits per heavy atom. The molecule has 1 aromatic heterocycles. The quantitative estimate of drug-likeness (QED) is 0.823. The Hall–Kier alpha value is -2.87. The number of hydrogen-bond acceptors (Lipinski definition) is 4. The van der Waals surface area contributed by atoms with Gasteiger partial charge in [0.25, 0.3) is 5.91 Å². The number of carbonyl (C=O) groups is 2. The van der Waals surface area contributed by atoms with Gasteiger partial charge in [-0.15, -0.1) is 0 Å². The summed E-state index contributed by atoms with van der Waals surface area (Å²) in [6.45, 7) is 1.58. The molecule has 0 bridgehead atoms. The SMILES string of the molecule is Cc1cnc(N2CC(=O)N(Cc3ccc(F)cc3)C3(COC3)C2=O)c(F)c1. The molecule has 3 heterocycles. The molecular formula is C19H17F2N3O3. The number of aromatic nitrogens is 1. The van der Waals surface area contributed by atoms with Gasteiger partial charge in [-0.3, -0.25) is 14.5 Å². The van der Waals surface area contributed by atoms with Gasteiger partial charge in [-0.1, -0.05) is 12.1 Å². The van der Waals surface area contributed by atoms with E-state index in [1.807, 2.05) is 0 Å². The highest BCUT2D eigenvalue weighted by atomic mass is 19.1. The first-order chi connectivity index (χ1) is 12.9. The normalized spacial score (nSPS) is 18.8. The van der Waals surface area contributed by atoms with Gasteiger partial charge >= 0.3 is 0 Å². The molecule has 2 aliphatic rings. The number of anilines is 1. The predicted molar refractivity (Wildman–Crippen MR) is 91.8 cm³/mol. The second kappa shape index (κ2) is 6.38. The number of hydrogen-bond donors (Lipinski definition) is 0. The summed E-state index contributed by atoms with van der Waals surface area (Å²) in [6, 6.07) is 7.00. The molecule has 140 valence electrons. The van der Waals surface area contributed by atoms with Gasteiger partial charge in [0, 0.05) is 12.7 Å². The fraction of sp³-hybridized carbons (Fsp3) is 0.316. The number of pyridine rings is 1. The summed E-state index contributed by atoms with van der Waals surface area (Å²) < 4.78 is 32.7. The van der Waals surface area contributed by atoms with Crippen LogP contribution in [0.2, 0.25) is 0 Å². The third-order valence-corrected chi connectivity index (χ3v) is 4.90. The summed E-state index contributed by atoms with van der Waals surface area (Å²) in [7, 11) is 0. The molecule has 2 aliphatic heterocycles. The summed E-state index contributed by atoms with van der Waals surface area (Å²) in [5.41, 5.74) is 0.117. The van der Waals surface area contributed by atoms with Crippen molar-refractivity contribution in [1.82, 2.24) is 9.88 Å². The van der Waals surface area contributed by atoms with Crippen LogP contribution in [0.3, 0.4) is 0 Å². The van der Waals surface area contributed by atoms with Crippen LogP contribution in [0.25, 0.3) is 0 Å². The average Bonchev–Trinajstić information content (AvgIpc) is 2.59. The Bertz CT molecular complexity index is 913. The first kappa shape index (κ1) is 17.5. The molecule has 6 nitrogen and oxygen atoms in total. The maximum absolute atomic E-state index is 14.3. The lowest BCUT2D eigenvalue weighted by Crippen LogP contribution is -2.76. The standard InChI is InChI=1S/C19H17F2N3O3/c1-12-6-15(21)17(22-7-12)23-9-16(25)24(19(18(23)26)10-27-11-19)8-13-2-4-14(20)5-3-13/h2-7H,8-11H2,1H3.